The van der Waals surface area contributed by atoms with E-state index in [1.54, 1.807) is 0 Å². The Hall–Kier alpha value is -2.62. The minimum absolute atomic E-state index is 0.0125. The highest BCUT2D eigenvalue weighted by Gasteiger charge is 2.09. The van der Waals surface area contributed by atoms with Crippen LogP contribution in [0.4, 0.5) is 5.69 Å². The molecule has 0 aliphatic rings. The predicted octanol–water partition coefficient (Wildman–Crippen LogP) is 3.55. The Kier molecular flexibility index (Phi) is 6.75. The molecule has 0 radical (unpaired) electrons. The molecular weight excluding hydrogens is 312 g/mol. The number of anilines is 1. The third kappa shape index (κ3) is 5.75. The molecule has 0 bridgehead atoms. The summed E-state index contributed by atoms with van der Waals surface area (Å²) in [6, 6.07) is 14.1. The van der Waals surface area contributed by atoms with Gasteiger partial charge in [0.25, 0.3) is 0 Å². The van der Waals surface area contributed by atoms with Crippen LogP contribution in [-0.4, -0.2) is 18.4 Å². The maximum atomic E-state index is 12.0. The van der Waals surface area contributed by atoms with Crippen LogP contribution in [-0.2, 0) is 22.4 Å². The number of hydrogen-bond acceptors (Lipinski definition) is 2. The molecule has 0 aliphatic carbocycles. The number of para-hydroxylation sites is 1. The molecule has 0 fully saturated rings. The first-order chi connectivity index (χ1) is 12.0. The topological polar surface area (TPSA) is 58.2 Å². The average molecular weight is 338 g/mol. The standard InChI is InChI=1S/C21H26N2O2/c1-4-17-8-10-18(11-9-17)12-13-19(24)22-14-20(25)23-21-15(2)6-5-7-16(21)3/h5-11H,4,12-14H2,1-3H3,(H,22,24)(H,23,25). The normalized spacial score (nSPS) is 10.4. The second-order valence-electron chi connectivity index (χ2n) is 6.26. The van der Waals surface area contributed by atoms with Crippen molar-refractivity contribution in [3.8, 4) is 0 Å². The molecule has 0 aromatic heterocycles. The van der Waals surface area contributed by atoms with Gasteiger partial charge in [0.05, 0.1) is 6.54 Å². The highest BCUT2D eigenvalue weighted by molar-refractivity contribution is 5.95. The van der Waals surface area contributed by atoms with Crippen LogP contribution in [0.1, 0.15) is 35.6 Å². The Labute approximate surface area is 149 Å². The van der Waals surface area contributed by atoms with Crippen LogP contribution >= 0.6 is 0 Å². The summed E-state index contributed by atoms with van der Waals surface area (Å²) in [5.41, 5.74) is 5.26. The third-order valence-corrected chi connectivity index (χ3v) is 4.26. The van der Waals surface area contributed by atoms with Crippen molar-refractivity contribution in [2.24, 2.45) is 0 Å². The minimum Gasteiger partial charge on any atom is -0.347 e. The molecule has 2 aromatic rings. The quantitative estimate of drug-likeness (QED) is 0.811. The summed E-state index contributed by atoms with van der Waals surface area (Å²) >= 11 is 0. The first kappa shape index (κ1) is 18.7. The second kappa shape index (κ2) is 9.02. The van der Waals surface area contributed by atoms with Gasteiger partial charge in [-0.15, -0.1) is 0 Å². The third-order valence-electron chi connectivity index (χ3n) is 4.26. The van der Waals surface area contributed by atoms with E-state index in [1.807, 2.05) is 32.0 Å². The van der Waals surface area contributed by atoms with Crippen LogP contribution in [0.5, 0.6) is 0 Å². The van der Waals surface area contributed by atoms with Crippen molar-refractivity contribution >= 4 is 17.5 Å². The lowest BCUT2D eigenvalue weighted by Crippen LogP contribution is -2.33. The van der Waals surface area contributed by atoms with E-state index >= 15 is 0 Å². The number of amides is 2. The van der Waals surface area contributed by atoms with Gasteiger partial charge in [-0.2, -0.15) is 0 Å². The molecule has 0 heterocycles. The Balaban J connectivity index is 1.76. The van der Waals surface area contributed by atoms with Gasteiger partial charge in [-0.05, 0) is 48.9 Å². The summed E-state index contributed by atoms with van der Waals surface area (Å²) in [6.45, 7) is 6.00. The highest BCUT2D eigenvalue weighted by Crippen LogP contribution is 2.19. The van der Waals surface area contributed by atoms with Crippen molar-refractivity contribution in [1.29, 1.82) is 0 Å². The Bertz CT molecular complexity index is 716. The summed E-state index contributed by atoms with van der Waals surface area (Å²) in [5.74, 6) is -0.325. The molecule has 2 aromatic carbocycles. The van der Waals surface area contributed by atoms with E-state index < -0.39 is 0 Å². The van der Waals surface area contributed by atoms with Crippen LogP contribution < -0.4 is 10.6 Å². The van der Waals surface area contributed by atoms with Gasteiger partial charge in [-0.1, -0.05) is 49.4 Å². The van der Waals surface area contributed by atoms with Gasteiger partial charge in [0.15, 0.2) is 0 Å². The smallest absolute Gasteiger partial charge is 0.243 e. The molecule has 0 saturated carbocycles. The zero-order valence-electron chi connectivity index (χ0n) is 15.2. The van der Waals surface area contributed by atoms with Gasteiger partial charge in [-0.25, -0.2) is 0 Å². The number of rotatable bonds is 7. The molecule has 0 saturated heterocycles. The number of hydrogen-bond donors (Lipinski definition) is 2. The molecule has 0 atom stereocenters. The van der Waals surface area contributed by atoms with Crippen molar-refractivity contribution in [1.82, 2.24) is 5.32 Å². The first-order valence-electron chi connectivity index (χ1n) is 8.70. The molecule has 2 rings (SSSR count). The van der Waals surface area contributed by atoms with Gasteiger partial charge < -0.3 is 10.6 Å². The zero-order valence-corrected chi connectivity index (χ0v) is 15.2. The maximum absolute atomic E-state index is 12.0. The molecule has 132 valence electrons. The van der Waals surface area contributed by atoms with E-state index in [4.69, 9.17) is 0 Å². The molecule has 0 unspecified atom stereocenters. The minimum atomic E-state index is -0.210. The lowest BCUT2D eigenvalue weighted by Gasteiger charge is -2.12. The first-order valence-corrected chi connectivity index (χ1v) is 8.70. The van der Waals surface area contributed by atoms with Crippen LogP contribution in [0.25, 0.3) is 0 Å². The van der Waals surface area contributed by atoms with Crippen LogP contribution in [0.3, 0.4) is 0 Å². The van der Waals surface area contributed by atoms with Crippen molar-refractivity contribution in [3.63, 3.8) is 0 Å². The van der Waals surface area contributed by atoms with Crippen molar-refractivity contribution < 1.29 is 9.59 Å². The monoisotopic (exact) mass is 338 g/mol. The van der Waals surface area contributed by atoms with Crippen molar-refractivity contribution in [2.75, 3.05) is 11.9 Å². The van der Waals surface area contributed by atoms with E-state index in [1.165, 1.54) is 5.56 Å². The van der Waals surface area contributed by atoms with Gasteiger partial charge in [0, 0.05) is 12.1 Å². The van der Waals surface area contributed by atoms with Gasteiger partial charge in [0.1, 0.15) is 0 Å². The van der Waals surface area contributed by atoms with E-state index in [0.717, 1.165) is 28.8 Å². The number of aryl methyl sites for hydroxylation is 4. The number of carbonyl (C=O) groups excluding carboxylic acids is 2. The molecule has 0 spiro atoms. The van der Waals surface area contributed by atoms with Gasteiger partial charge >= 0.3 is 0 Å². The molecule has 4 heteroatoms. The van der Waals surface area contributed by atoms with E-state index in [0.29, 0.717) is 12.8 Å². The lowest BCUT2D eigenvalue weighted by molar-refractivity contribution is -0.124. The Morgan fingerprint density at radius 1 is 0.880 bits per heavy atom. The summed E-state index contributed by atoms with van der Waals surface area (Å²) in [6.07, 6.45) is 2.06. The van der Waals surface area contributed by atoms with Gasteiger partial charge in [-0.3, -0.25) is 9.59 Å². The fourth-order valence-electron chi connectivity index (χ4n) is 2.66. The molecule has 2 amide bonds. The Morgan fingerprint density at radius 3 is 2.08 bits per heavy atom. The summed E-state index contributed by atoms with van der Waals surface area (Å²) in [5, 5.41) is 5.55. The van der Waals surface area contributed by atoms with Crippen molar-refractivity contribution in [3.05, 3.63) is 64.7 Å². The fourth-order valence-corrected chi connectivity index (χ4v) is 2.66. The van der Waals surface area contributed by atoms with E-state index in [-0.39, 0.29) is 18.4 Å². The van der Waals surface area contributed by atoms with Gasteiger partial charge in [0.2, 0.25) is 11.8 Å². The lowest BCUT2D eigenvalue weighted by atomic mass is 10.1. The SMILES string of the molecule is CCc1ccc(CCC(=O)NCC(=O)Nc2c(C)cccc2C)cc1. The molecule has 2 N–H and O–H groups in total. The number of benzene rings is 2. The molecule has 25 heavy (non-hydrogen) atoms. The van der Waals surface area contributed by atoms with Crippen LogP contribution in [0.15, 0.2) is 42.5 Å². The largest absolute Gasteiger partial charge is 0.347 e. The van der Waals surface area contributed by atoms with Crippen LogP contribution in [0.2, 0.25) is 0 Å². The maximum Gasteiger partial charge on any atom is 0.243 e. The molecule has 4 nitrogen and oxygen atoms in total. The molecule has 0 aliphatic heterocycles. The number of carbonyl (C=O) groups is 2. The molecular formula is C21H26N2O2. The second-order valence-corrected chi connectivity index (χ2v) is 6.26. The Morgan fingerprint density at radius 2 is 1.48 bits per heavy atom. The van der Waals surface area contributed by atoms with Crippen molar-refractivity contribution in [2.45, 2.75) is 40.0 Å². The summed E-state index contributed by atoms with van der Waals surface area (Å²) in [7, 11) is 0. The summed E-state index contributed by atoms with van der Waals surface area (Å²) in [4.78, 5) is 24.0. The van der Waals surface area contributed by atoms with Crippen LogP contribution in [0, 0.1) is 13.8 Å². The predicted molar refractivity (Wildman–Crippen MR) is 102 cm³/mol. The van der Waals surface area contributed by atoms with E-state index in [9.17, 15) is 9.59 Å². The van der Waals surface area contributed by atoms with E-state index in [2.05, 4.69) is 41.8 Å². The average Bonchev–Trinajstić information content (AvgIpc) is 2.62. The zero-order chi connectivity index (χ0) is 18.2. The number of nitrogens with one attached hydrogen (secondary N) is 2. The highest BCUT2D eigenvalue weighted by atomic mass is 16.2. The summed E-state index contributed by atoms with van der Waals surface area (Å²) < 4.78 is 0. The fraction of sp³-hybridized carbons (Fsp3) is 0.333.